The van der Waals surface area contributed by atoms with Gasteiger partial charge in [0.25, 0.3) is 0 Å². The van der Waals surface area contributed by atoms with Crippen molar-refractivity contribution in [2.75, 3.05) is 13.3 Å². The molecule has 1 N–H and O–H groups in total. The van der Waals surface area contributed by atoms with Crippen molar-refractivity contribution in [2.24, 2.45) is 0 Å². The summed E-state index contributed by atoms with van der Waals surface area (Å²) in [5.74, 6) is 0. The van der Waals surface area contributed by atoms with E-state index in [1.54, 1.807) is 0 Å². The van der Waals surface area contributed by atoms with E-state index in [1.165, 1.54) is 16.9 Å². The largest absolute Gasteiger partial charge is 0.317 e. The Hall–Kier alpha value is -0.210. The van der Waals surface area contributed by atoms with E-state index in [9.17, 15) is 0 Å². The van der Waals surface area contributed by atoms with Gasteiger partial charge in [-0.1, -0.05) is 19.6 Å². The average molecular weight is 199 g/mol. The molecule has 0 aromatic carbocycles. The summed E-state index contributed by atoms with van der Waals surface area (Å²) >= 11 is 1.83. The second kappa shape index (κ2) is 7.22. The molecule has 0 bridgehead atoms. The van der Waals surface area contributed by atoms with E-state index in [2.05, 4.69) is 32.0 Å². The van der Waals surface area contributed by atoms with Crippen LogP contribution in [0.3, 0.4) is 0 Å². The quantitative estimate of drug-likeness (QED) is 0.659. The molecule has 1 atom stereocenters. The lowest BCUT2D eigenvalue weighted by molar-refractivity contribution is 0.548. The highest BCUT2D eigenvalue weighted by molar-refractivity contribution is 8.02. The van der Waals surface area contributed by atoms with Gasteiger partial charge >= 0.3 is 0 Å². The van der Waals surface area contributed by atoms with Crippen molar-refractivity contribution in [1.82, 2.24) is 5.32 Å². The smallest absolute Gasteiger partial charge is 0.0107 e. The minimum Gasteiger partial charge on any atom is -0.317 e. The van der Waals surface area contributed by atoms with Crippen molar-refractivity contribution in [3.63, 3.8) is 0 Å². The van der Waals surface area contributed by atoms with E-state index in [1.807, 2.05) is 24.9 Å². The highest BCUT2D eigenvalue weighted by Gasteiger charge is 2.07. The lowest BCUT2D eigenvalue weighted by Crippen LogP contribution is -2.24. The molecule has 76 valence electrons. The minimum atomic E-state index is 0.595. The third kappa shape index (κ3) is 4.53. The van der Waals surface area contributed by atoms with E-state index >= 15 is 0 Å². The molecule has 0 amide bonds. The van der Waals surface area contributed by atoms with Crippen molar-refractivity contribution in [3.8, 4) is 0 Å². The van der Waals surface area contributed by atoms with Crippen LogP contribution in [0.5, 0.6) is 0 Å². The third-order valence-electron chi connectivity index (χ3n) is 2.33. The van der Waals surface area contributed by atoms with Crippen molar-refractivity contribution in [1.29, 1.82) is 0 Å². The molecule has 2 heteroatoms. The van der Waals surface area contributed by atoms with Crippen LogP contribution in [0.4, 0.5) is 0 Å². The maximum Gasteiger partial charge on any atom is 0.0107 e. The van der Waals surface area contributed by atoms with Crippen molar-refractivity contribution >= 4 is 11.8 Å². The Morgan fingerprint density at radius 1 is 1.62 bits per heavy atom. The molecule has 0 fully saturated rings. The van der Waals surface area contributed by atoms with Crippen molar-refractivity contribution < 1.29 is 0 Å². The van der Waals surface area contributed by atoms with Crippen LogP contribution in [0, 0.1) is 0 Å². The molecule has 0 aliphatic carbocycles. The molecule has 13 heavy (non-hydrogen) atoms. The first-order valence-electron chi connectivity index (χ1n) is 4.73. The maximum atomic E-state index is 3.80. The SMILES string of the molecule is C=C/C(C)=C(/CC(CC)NC)SC. The first-order valence-corrected chi connectivity index (χ1v) is 5.95. The first-order chi connectivity index (χ1) is 6.19. The van der Waals surface area contributed by atoms with Crippen LogP contribution in [-0.4, -0.2) is 19.3 Å². The van der Waals surface area contributed by atoms with Crippen LogP contribution in [0.1, 0.15) is 26.7 Å². The summed E-state index contributed by atoms with van der Waals surface area (Å²) in [4.78, 5) is 1.44. The van der Waals surface area contributed by atoms with Crippen molar-refractivity contribution in [3.05, 3.63) is 23.1 Å². The molecule has 1 nitrogen and oxygen atoms in total. The van der Waals surface area contributed by atoms with Crippen LogP contribution in [0.15, 0.2) is 23.1 Å². The van der Waals surface area contributed by atoms with E-state index < -0.39 is 0 Å². The number of hydrogen-bond acceptors (Lipinski definition) is 2. The van der Waals surface area contributed by atoms with Gasteiger partial charge in [-0.15, -0.1) is 11.8 Å². The Morgan fingerprint density at radius 3 is 2.54 bits per heavy atom. The maximum absolute atomic E-state index is 3.80. The fraction of sp³-hybridized carbons (Fsp3) is 0.636. The van der Waals surface area contributed by atoms with E-state index in [4.69, 9.17) is 0 Å². The molecule has 0 aliphatic rings. The number of allylic oxidation sites excluding steroid dienone is 2. The van der Waals surface area contributed by atoms with Gasteiger partial charge in [0.2, 0.25) is 0 Å². The fourth-order valence-electron chi connectivity index (χ4n) is 1.19. The predicted molar refractivity (Wildman–Crippen MR) is 64.2 cm³/mol. The molecule has 0 spiro atoms. The van der Waals surface area contributed by atoms with Gasteiger partial charge in [-0.2, -0.15) is 0 Å². The molecular formula is C11H21NS. The summed E-state index contributed by atoms with van der Waals surface area (Å²) in [5, 5.41) is 3.31. The Bertz CT molecular complexity index is 181. The molecule has 0 heterocycles. The highest BCUT2D eigenvalue weighted by atomic mass is 32.2. The third-order valence-corrected chi connectivity index (χ3v) is 3.31. The lowest BCUT2D eigenvalue weighted by atomic mass is 10.1. The van der Waals surface area contributed by atoms with E-state index in [-0.39, 0.29) is 0 Å². The zero-order valence-electron chi connectivity index (χ0n) is 9.18. The number of hydrogen-bond donors (Lipinski definition) is 1. The zero-order chi connectivity index (χ0) is 10.3. The lowest BCUT2D eigenvalue weighted by Gasteiger charge is -2.16. The van der Waals surface area contributed by atoms with Gasteiger partial charge in [0.15, 0.2) is 0 Å². The fourth-order valence-corrected chi connectivity index (χ4v) is 1.97. The molecule has 0 aromatic heterocycles. The molecule has 0 aliphatic heterocycles. The molecule has 0 aromatic rings. The van der Waals surface area contributed by atoms with Crippen LogP contribution < -0.4 is 5.32 Å². The number of rotatable bonds is 6. The summed E-state index contributed by atoms with van der Waals surface area (Å²) in [5.41, 5.74) is 1.31. The average Bonchev–Trinajstić information content (AvgIpc) is 2.19. The van der Waals surface area contributed by atoms with E-state index in [0.717, 1.165) is 6.42 Å². The van der Waals surface area contributed by atoms with Gasteiger partial charge in [-0.25, -0.2) is 0 Å². The Kier molecular flexibility index (Phi) is 7.10. The standard InChI is InChI=1S/C11H21NS/c1-6-9(3)11(13-5)8-10(7-2)12-4/h6,10,12H,1,7-8H2,2-5H3/b11-9-. The van der Waals surface area contributed by atoms with Gasteiger partial charge in [0.1, 0.15) is 0 Å². The molecule has 0 radical (unpaired) electrons. The summed E-state index contributed by atoms with van der Waals surface area (Å²) in [6, 6.07) is 0.595. The second-order valence-corrected chi connectivity index (χ2v) is 4.01. The topological polar surface area (TPSA) is 12.0 Å². The monoisotopic (exact) mass is 199 g/mol. The summed E-state index contributed by atoms with van der Waals surface area (Å²) < 4.78 is 0. The molecular weight excluding hydrogens is 178 g/mol. The number of nitrogens with one attached hydrogen (secondary N) is 1. The number of thioether (sulfide) groups is 1. The zero-order valence-corrected chi connectivity index (χ0v) is 10.0. The highest BCUT2D eigenvalue weighted by Crippen LogP contribution is 2.23. The Morgan fingerprint density at radius 2 is 2.23 bits per heavy atom. The van der Waals surface area contributed by atoms with Crippen LogP contribution >= 0.6 is 11.8 Å². The predicted octanol–water partition coefficient (Wildman–Crippen LogP) is 3.20. The Balaban J connectivity index is 4.35. The van der Waals surface area contributed by atoms with Gasteiger partial charge in [-0.05, 0) is 43.5 Å². The summed E-state index contributed by atoms with van der Waals surface area (Å²) in [6.45, 7) is 8.13. The second-order valence-electron chi connectivity index (χ2n) is 3.11. The summed E-state index contributed by atoms with van der Waals surface area (Å²) in [7, 11) is 2.02. The summed E-state index contributed by atoms with van der Waals surface area (Å²) in [6.07, 6.45) is 6.36. The Labute approximate surface area is 86.7 Å². The normalized spacial score (nSPS) is 15.1. The molecule has 1 unspecified atom stereocenters. The van der Waals surface area contributed by atoms with Crippen LogP contribution in [0.2, 0.25) is 0 Å². The van der Waals surface area contributed by atoms with Crippen LogP contribution in [0.25, 0.3) is 0 Å². The molecule has 0 saturated heterocycles. The van der Waals surface area contributed by atoms with Gasteiger partial charge in [0, 0.05) is 6.04 Å². The van der Waals surface area contributed by atoms with Gasteiger partial charge in [-0.3, -0.25) is 0 Å². The molecule has 0 rings (SSSR count). The first kappa shape index (κ1) is 12.8. The van der Waals surface area contributed by atoms with Gasteiger partial charge in [0.05, 0.1) is 0 Å². The van der Waals surface area contributed by atoms with Crippen LogP contribution in [-0.2, 0) is 0 Å². The molecule has 0 saturated carbocycles. The minimum absolute atomic E-state index is 0.595. The van der Waals surface area contributed by atoms with Crippen molar-refractivity contribution in [2.45, 2.75) is 32.7 Å². The van der Waals surface area contributed by atoms with E-state index in [0.29, 0.717) is 6.04 Å². The van der Waals surface area contributed by atoms with Gasteiger partial charge < -0.3 is 5.32 Å².